The molecule has 0 aromatic rings. The summed E-state index contributed by atoms with van der Waals surface area (Å²) in [4.78, 5) is 0. The summed E-state index contributed by atoms with van der Waals surface area (Å²) < 4.78 is 0. The largest absolute Gasteiger partial charge is 0.329 e. The molecule has 4 fully saturated rings. The summed E-state index contributed by atoms with van der Waals surface area (Å²) in [5.41, 5.74) is 5.66. The van der Waals surface area contributed by atoms with Crippen molar-refractivity contribution >= 4 is 0 Å². The maximum atomic E-state index is 9.05. The van der Waals surface area contributed by atoms with E-state index in [9.17, 15) is 0 Å². The molecule has 2 heteroatoms. The molecule has 1 unspecified atom stereocenters. The van der Waals surface area contributed by atoms with Gasteiger partial charge in [-0.2, -0.15) is 5.26 Å². The summed E-state index contributed by atoms with van der Waals surface area (Å²) >= 11 is 0. The fourth-order valence-electron chi connectivity index (χ4n) is 4.95. The highest BCUT2D eigenvalue weighted by molar-refractivity contribution is 5.00. The van der Waals surface area contributed by atoms with Crippen molar-refractivity contribution in [2.75, 3.05) is 6.54 Å². The van der Waals surface area contributed by atoms with E-state index in [1.807, 2.05) is 0 Å². The number of rotatable bonds is 3. The molecule has 4 aliphatic rings. The first-order valence-corrected chi connectivity index (χ1v) is 6.89. The second kappa shape index (κ2) is 4.04. The van der Waals surface area contributed by atoms with Gasteiger partial charge in [0.2, 0.25) is 0 Å². The van der Waals surface area contributed by atoms with Gasteiger partial charge < -0.3 is 5.73 Å². The first-order chi connectivity index (χ1) is 7.80. The third kappa shape index (κ3) is 1.66. The lowest BCUT2D eigenvalue weighted by atomic mass is 9.51. The SMILES string of the molecule is N#CC(CN)CC1C2CC3CC(C2)CC1C3. The van der Waals surface area contributed by atoms with Crippen LogP contribution in [0.4, 0.5) is 0 Å². The number of nitrogens with two attached hydrogens (primary N) is 1. The molecule has 0 amide bonds. The molecule has 0 radical (unpaired) electrons. The molecule has 0 spiro atoms. The van der Waals surface area contributed by atoms with Crippen LogP contribution in [0.15, 0.2) is 0 Å². The van der Waals surface area contributed by atoms with Crippen LogP contribution in [0.25, 0.3) is 0 Å². The second-order valence-corrected chi connectivity index (χ2v) is 6.39. The van der Waals surface area contributed by atoms with Crippen LogP contribution in [0, 0.1) is 46.8 Å². The third-order valence-electron chi connectivity index (χ3n) is 5.45. The smallest absolute Gasteiger partial charge is 0.0669 e. The predicted molar refractivity (Wildman–Crippen MR) is 63.3 cm³/mol. The van der Waals surface area contributed by atoms with Crippen LogP contribution in [0.5, 0.6) is 0 Å². The van der Waals surface area contributed by atoms with Gasteiger partial charge in [-0.15, -0.1) is 0 Å². The minimum Gasteiger partial charge on any atom is -0.329 e. The van der Waals surface area contributed by atoms with Gasteiger partial charge in [0.1, 0.15) is 0 Å². The van der Waals surface area contributed by atoms with Crippen molar-refractivity contribution in [1.29, 1.82) is 5.26 Å². The van der Waals surface area contributed by atoms with Crippen LogP contribution in [-0.4, -0.2) is 6.54 Å². The molecule has 2 nitrogen and oxygen atoms in total. The standard InChI is InChI=1S/C14H22N2/c15-7-11(8-16)6-14-12-2-9-1-10(4-12)5-13(14)3-9/h9-14H,1-7,15H2. The van der Waals surface area contributed by atoms with Crippen molar-refractivity contribution in [3.8, 4) is 6.07 Å². The Morgan fingerprint density at radius 3 is 2.06 bits per heavy atom. The molecule has 4 rings (SSSR count). The highest BCUT2D eigenvalue weighted by atomic mass is 14.6. The Labute approximate surface area is 98.2 Å². The first kappa shape index (κ1) is 10.6. The topological polar surface area (TPSA) is 49.8 Å². The van der Waals surface area contributed by atoms with Crippen molar-refractivity contribution in [2.24, 2.45) is 41.2 Å². The molecule has 0 aromatic carbocycles. The van der Waals surface area contributed by atoms with Gasteiger partial charge in [-0.1, -0.05) is 0 Å². The molecule has 16 heavy (non-hydrogen) atoms. The van der Waals surface area contributed by atoms with Gasteiger partial charge in [-0.25, -0.2) is 0 Å². The summed E-state index contributed by atoms with van der Waals surface area (Å²) in [5, 5.41) is 9.05. The van der Waals surface area contributed by atoms with E-state index in [0.717, 1.165) is 36.0 Å². The fourth-order valence-corrected chi connectivity index (χ4v) is 4.95. The predicted octanol–water partition coefficient (Wildman–Crippen LogP) is 2.55. The van der Waals surface area contributed by atoms with Crippen molar-refractivity contribution < 1.29 is 0 Å². The second-order valence-electron chi connectivity index (χ2n) is 6.39. The Hall–Kier alpha value is -0.550. The lowest BCUT2D eigenvalue weighted by Crippen LogP contribution is -2.45. The van der Waals surface area contributed by atoms with Gasteiger partial charge in [-0.3, -0.25) is 0 Å². The molecule has 0 saturated heterocycles. The van der Waals surface area contributed by atoms with E-state index in [4.69, 9.17) is 11.0 Å². The summed E-state index contributed by atoms with van der Waals surface area (Å²) in [6.07, 6.45) is 8.43. The highest BCUT2D eigenvalue weighted by Crippen LogP contribution is 2.57. The lowest BCUT2D eigenvalue weighted by Gasteiger charge is -2.55. The van der Waals surface area contributed by atoms with E-state index in [1.54, 1.807) is 0 Å². The molecular formula is C14H22N2. The molecule has 0 aliphatic heterocycles. The zero-order valence-electron chi connectivity index (χ0n) is 9.94. The molecule has 0 aromatic heterocycles. The van der Waals surface area contributed by atoms with Gasteiger partial charge in [0.25, 0.3) is 0 Å². The zero-order valence-corrected chi connectivity index (χ0v) is 9.94. The van der Waals surface area contributed by atoms with Gasteiger partial charge >= 0.3 is 0 Å². The number of nitrogens with zero attached hydrogens (tertiary/aromatic N) is 1. The average Bonchev–Trinajstić information content (AvgIpc) is 2.28. The van der Waals surface area contributed by atoms with Crippen molar-refractivity contribution in [3.63, 3.8) is 0 Å². The normalized spacial score (nSPS) is 46.6. The third-order valence-corrected chi connectivity index (χ3v) is 5.45. The molecule has 1 atom stereocenters. The van der Waals surface area contributed by atoms with E-state index in [1.165, 1.54) is 32.1 Å². The van der Waals surface area contributed by atoms with Crippen LogP contribution in [0.3, 0.4) is 0 Å². The van der Waals surface area contributed by atoms with Crippen LogP contribution in [-0.2, 0) is 0 Å². The Bertz CT molecular complexity index is 276. The van der Waals surface area contributed by atoms with E-state index >= 15 is 0 Å². The molecule has 4 saturated carbocycles. The summed E-state index contributed by atoms with van der Waals surface area (Å²) in [5.74, 6) is 4.91. The minimum absolute atomic E-state index is 0.113. The maximum Gasteiger partial charge on any atom is 0.0669 e. The highest BCUT2D eigenvalue weighted by Gasteiger charge is 2.48. The van der Waals surface area contributed by atoms with Gasteiger partial charge in [-0.05, 0) is 68.1 Å². The van der Waals surface area contributed by atoms with Crippen LogP contribution >= 0.6 is 0 Å². The summed E-state index contributed by atoms with van der Waals surface area (Å²) in [6, 6.07) is 2.39. The van der Waals surface area contributed by atoms with Crippen molar-refractivity contribution in [3.05, 3.63) is 0 Å². The van der Waals surface area contributed by atoms with E-state index in [2.05, 4.69) is 6.07 Å². The molecule has 0 heterocycles. The number of hydrogen-bond acceptors (Lipinski definition) is 2. The van der Waals surface area contributed by atoms with Crippen LogP contribution in [0.1, 0.15) is 38.5 Å². The van der Waals surface area contributed by atoms with Gasteiger partial charge in [0.05, 0.1) is 12.0 Å². The molecular weight excluding hydrogens is 196 g/mol. The van der Waals surface area contributed by atoms with Crippen LogP contribution in [0.2, 0.25) is 0 Å². The quantitative estimate of drug-likeness (QED) is 0.791. The molecule has 4 aliphatic carbocycles. The Morgan fingerprint density at radius 2 is 1.62 bits per heavy atom. The number of nitriles is 1. The lowest BCUT2D eigenvalue weighted by molar-refractivity contribution is -0.0429. The van der Waals surface area contributed by atoms with Gasteiger partial charge in [0.15, 0.2) is 0 Å². The fraction of sp³-hybridized carbons (Fsp3) is 0.929. The summed E-state index contributed by atoms with van der Waals surface area (Å²) in [7, 11) is 0. The molecule has 4 bridgehead atoms. The minimum atomic E-state index is 0.113. The summed E-state index contributed by atoms with van der Waals surface area (Å²) in [6.45, 7) is 0.555. The maximum absolute atomic E-state index is 9.05. The van der Waals surface area contributed by atoms with Crippen molar-refractivity contribution in [1.82, 2.24) is 0 Å². The molecule has 2 N–H and O–H groups in total. The van der Waals surface area contributed by atoms with E-state index in [0.29, 0.717) is 6.54 Å². The Kier molecular flexibility index (Phi) is 2.67. The zero-order chi connectivity index (χ0) is 11.1. The Balaban J connectivity index is 1.70. The average molecular weight is 218 g/mol. The molecule has 88 valence electrons. The number of hydrogen-bond donors (Lipinski definition) is 1. The van der Waals surface area contributed by atoms with Gasteiger partial charge in [0, 0.05) is 6.54 Å². The van der Waals surface area contributed by atoms with E-state index in [-0.39, 0.29) is 5.92 Å². The first-order valence-electron chi connectivity index (χ1n) is 6.89. The Morgan fingerprint density at radius 1 is 1.06 bits per heavy atom. The monoisotopic (exact) mass is 218 g/mol. The van der Waals surface area contributed by atoms with Crippen LogP contribution < -0.4 is 5.73 Å². The van der Waals surface area contributed by atoms with Crippen molar-refractivity contribution in [2.45, 2.75) is 38.5 Å². The van der Waals surface area contributed by atoms with E-state index < -0.39 is 0 Å².